The molecule has 8 heavy (non-hydrogen) atoms. The van der Waals surface area contributed by atoms with Crippen molar-refractivity contribution in [2.45, 2.75) is 0 Å². The summed E-state index contributed by atoms with van der Waals surface area (Å²) in [6.45, 7) is 0.245. The maximum atomic E-state index is 10.2. The average molecular weight is 114 g/mol. The van der Waals surface area contributed by atoms with E-state index in [0.717, 1.165) is 0 Å². The fourth-order valence-corrected chi connectivity index (χ4v) is 0.420. The van der Waals surface area contributed by atoms with E-state index in [1.807, 2.05) is 0 Å². The van der Waals surface area contributed by atoms with Crippen LogP contribution in [-0.4, -0.2) is 17.7 Å². The van der Waals surface area contributed by atoms with Crippen LogP contribution in [-0.2, 0) is 4.74 Å². The largest absolute Gasteiger partial charge is 0.479 e. The van der Waals surface area contributed by atoms with Gasteiger partial charge in [0.05, 0.1) is 0 Å². The molecule has 4 heteroatoms. The Bertz CT molecular complexity index is 132. The fraction of sp³-hybridized carbons (Fsp3) is 0.250. The highest BCUT2D eigenvalue weighted by molar-refractivity contribution is 5.73. The van der Waals surface area contributed by atoms with Crippen LogP contribution in [0.25, 0.3) is 0 Å². The van der Waals surface area contributed by atoms with E-state index in [0.29, 0.717) is 0 Å². The summed E-state index contributed by atoms with van der Waals surface area (Å²) in [4.78, 5) is 11.5. The van der Waals surface area contributed by atoms with Crippen LogP contribution < -0.4 is 5.73 Å². The molecule has 0 aromatic rings. The molecule has 0 radical (unpaired) electrons. The van der Waals surface area contributed by atoms with Gasteiger partial charge in [-0.2, -0.15) is 0 Å². The van der Waals surface area contributed by atoms with E-state index in [-0.39, 0.29) is 6.73 Å². The lowest BCUT2D eigenvalue weighted by molar-refractivity contribution is 0.172. The summed E-state index contributed by atoms with van der Waals surface area (Å²) in [7, 11) is 0. The van der Waals surface area contributed by atoms with Gasteiger partial charge in [-0.05, 0) is 0 Å². The molecule has 44 valence electrons. The number of nitrogens with two attached hydrogens (primary N) is 1. The van der Waals surface area contributed by atoms with Gasteiger partial charge in [-0.1, -0.05) is 0 Å². The maximum Gasteiger partial charge on any atom is 0.321 e. The minimum Gasteiger partial charge on any atom is -0.479 e. The zero-order valence-corrected chi connectivity index (χ0v) is 4.20. The third-order valence-corrected chi connectivity index (χ3v) is 0.834. The van der Waals surface area contributed by atoms with Gasteiger partial charge in [-0.3, -0.25) is 4.90 Å². The summed E-state index contributed by atoms with van der Waals surface area (Å²) in [5.74, 6) is 0. The van der Waals surface area contributed by atoms with Gasteiger partial charge >= 0.3 is 6.03 Å². The van der Waals surface area contributed by atoms with E-state index in [1.165, 1.54) is 17.4 Å². The van der Waals surface area contributed by atoms with Crippen LogP contribution in [0, 0.1) is 0 Å². The van der Waals surface area contributed by atoms with Crippen LogP contribution >= 0.6 is 0 Å². The molecule has 2 N–H and O–H groups in total. The van der Waals surface area contributed by atoms with Crippen molar-refractivity contribution in [3.05, 3.63) is 12.5 Å². The standard InChI is InChI=1S/C4H6N2O2/c5-4(7)6-1-2-8-3-6/h1-2H,3H2,(H2,5,7). The van der Waals surface area contributed by atoms with Crippen molar-refractivity contribution < 1.29 is 9.53 Å². The van der Waals surface area contributed by atoms with E-state index < -0.39 is 6.03 Å². The summed E-state index contributed by atoms with van der Waals surface area (Å²) in [5, 5.41) is 0. The molecule has 0 saturated carbocycles. The van der Waals surface area contributed by atoms with Gasteiger partial charge < -0.3 is 10.5 Å². The summed E-state index contributed by atoms with van der Waals surface area (Å²) >= 11 is 0. The topological polar surface area (TPSA) is 55.6 Å². The molecule has 1 aliphatic heterocycles. The van der Waals surface area contributed by atoms with Crippen LogP contribution in [0.15, 0.2) is 12.5 Å². The van der Waals surface area contributed by atoms with E-state index in [1.54, 1.807) is 0 Å². The first kappa shape index (κ1) is 4.96. The van der Waals surface area contributed by atoms with Crippen molar-refractivity contribution >= 4 is 6.03 Å². The average Bonchev–Trinajstić information content (AvgIpc) is 2.12. The highest BCUT2D eigenvalue weighted by Gasteiger charge is 2.08. The van der Waals surface area contributed by atoms with Gasteiger partial charge in [-0.25, -0.2) is 4.79 Å². The lowest BCUT2D eigenvalue weighted by atomic mass is 10.8. The number of ether oxygens (including phenoxy) is 1. The lowest BCUT2D eigenvalue weighted by Crippen LogP contribution is -2.29. The zero-order chi connectivity index (χ0) is 5.98. The molecule has 0 saturated heterocycles. The van der Waals surface area contributed by atoms with Gasteiger partial charge in [-0.15, -0.1) is 0 Å². The smallest absolute Gasteiger partial charge is 0.321 e. The van der Waals surface area contributed by atoms with Crippen LogP contribution in [0.3, 0.4) is 0 Å². The second-order valence-corrected chi connectivity index (χ2v) is 1.39. The van der Waals surface area contributed by atoms with Crippen LogP contribution in [0.1, 0.15) is 0 Å². The Morgan fingerprint density at radius 1 is 1.88 bits per heavy atom. The Hall–Kier alpha value is -1.19. The molecule has 0 fully saturated rings. The van der Waals surface area contributed by atoms with Gasteiger partial charge in [0.1, 0.15) is 6.26 Å². The number of urea groups is 1. The van der Waals surface area contributed by atoms with Crippen molar-refractivity contribution in [1.29, 1.82) is 0 Å². The highest BCUT2D eigenvalue weighted by Crippen LogP contribution is 1.97. The van der Waals surface area contributed by atoms with Crippen molar-refractivity contribution in [3.8, 4) is 0 Å². The molecular formula is C4H6N2O2. The van der Waals surface area contributed by atoms with Crippen molar-refractivity contribution in [2.75, 3.05) is 6.73 Å². The number of primary amides is 1. The molecule has 0 atom stereocenters. The Labute approximate surface area is 46.5 Å². The number of rotatable bonds is 0. The fourth-order valence-electron chi connectivity index (χ4n) is 0.420. The first-order chi connectivity index (χ1) is 3.80. The van der Waals surface area contributed by atoms with Crippen molar-refractivity contribution in [1.82, 2.24) is 4.90 Å². The second kappa shape index (κ2) is 1.73. The van der Waals surface area contributed by atoms with E-state index in [9.17, 15) is 4.79 Å². The molecule has 0 unspecified atom stereocenters. The van der Waals surface area contributed by atoms with Crippen molar-refractivity contribution in [3.63, 3.8) is 0 Å². The third kappa shape index (κ3) is 0.726. The molecule has 1 rings (SSSR count). The van der Waals surface area contributed by atoms with Crippen LogP contribution in [0.5, 0.6) is 0 Å². The predicted octanol–water partition coefficient (Wildman–Crippen LogP) is -0.174. The number of nitrogens with zero attached hydrogens (tertiary/aromatic N) is 1. The monoisotopic (exact) mass is 114 g/mol. The number of amides is 2. The molecule has 4 nitrogen and oxygen atoms in total. The van der Waals surface area contributed by atoms with E-state index >= 15 is 0 Å². The van der Waals surface area contributed by atoms with E-state index in [2.05, 4.69) is 4.74 Å². The Morgan fingerprint density at radius 3 is 2.88 bits per heavy atom. The molecule has 0 aromatic carbocycles. The highest BCUT2D eigenvalue weighted by atomic mass is 16.5. The Morgan fingerprint density at radius 2 is 2.62 bits per heavy atom. The van der Waals surface area contributed by atoms with Gasteiger partial charge in [0, 0.05) is 6.20 Å². The first-order valence-corrected chi connectivity index (χ1v) is 2.15. The maximum absolute atomic E-state index is 10.2. The number of carbonyl (C=O) groups is 1. The Kier molecular flexibility index (Phi) is 1.07. The SMILES string of the molecule is NC(=O)N1C=COC1. The minimum absolute atomic E-state index is 0.245. The molecule has 2 amide bonds. The molecule has 0 spiro atoms. The molecule has 1 aliphatic rings. The first-order valence-electron chi connectivity index (χ1n) is 2.15. The van der Waals surface area contributed by atoms with Crippen LogP contribution in [0.2, 0.25) is 0 Å². The lowest BCUT2D eigenvalue weighted by Gasteiger charge is -2.05. The quantitative estimate of drug-likeness (QED) is 0.475. The van der Waals surface area contributed by atoms with Crippen molar-refractivity contribution in [2.24, 2.45) is 5.73 Å². The summed E-state index contributed by atoms with van der Waals surface area (Å²) in [6.07, 6.45) is 2.91. The summed E-state index contributed by atoms with van der Waals surface area (Å²) < 4.78 is 4.66. The molecule has 0 aromatic heterocycles. The van der Waals surface area contributed by atoms with Gasteiger partial charge in [0.25, 0.3) is 0 Å². The molecular weight excluding hydrogens is 108 g/mol. The number of carbonyl (C=O) groups excluding carboxylic acids is 1. The van der Waals surface area contributed by atoms with Gasteiger partial charge in [0.15, 0.2) is 6.73 Å². The number of hydrogen-bond acceptors (Lipinski definition) is 2. The zero-order valence-electron chi connectivity index (χ0n) is 4.20. The normalized spacial score (nSPS) is 16.2. The summed E-state index contributed by atoms with van der Waals surface area (Å²) in [5.41, 5.74) is 4.85. The molecule has 0 bridgehead atoms. The molecule has 1 heterocycles. The van der Waals surface area contributed by atoms with Gasteiger partial charge in [0.2, 0.25) is 0 Å². The third-order valence-electron chi connectivity index (χ3n) is 0.834. The second-order valence-electron chi connectivity index (χ2n) is 1.39. The summed E-state index contributed by atoms with van der Waals surface area (Å²) in [6, 6.07) is -0.487. The minimum atomic E-state index is -0.487. The van der Waals surface area contributed by atoms with Crippen LogP contribution in [0.4, 0.5) is 4.79 Å². The Balaban J connectivity index is 2.48. The predicted molar refractivity (Wildman–Crippen MR) is 26.5 cm³/mol. The molecule has 0 aliphatic carbocycles. The van der Waals surface area contributed by atoms with E-state index in [4.69, 9.17) is 5.73 Å². The number of hydrogen-bond donors (Lipinski definition) is 1.